The number of carbonyl (C=O) groups excluding carboxylic acids is 3. The Morgan fingerprint density at radius 3 is 2.52 bits per heavy atom. The summed E-state index contributed by atoms with van der Waals surface area (Å²) in [6.45, 7) is 0.595. The number of nitrogens with one attached hydrogen (secondary N) is 1. The normalized spacial score (nSPS) is 13.1. The van der Waals surface area contributed by atoms with Crippen molar-refractivity contribution in [3.63, 3.8) is 0 Å². The lowest BCUT2D eigenvalue weighted by atomic mass is 10.1. The van der Waals surface area contributed by atoms with Crippen molar-refractivity contribution in [2.24, 2.45) is 0 Å². The Labute approximate surface area is 191 Å². The lowest BCUT2D eigenvalue weighted by molar-refractivity contribution is -0.139. The van der Waals surface area contributed by atoms with Crippen LogP contribution in [-0.4, -0.2) is 60.6 Å². The number of carbonyl (C=O) groups is 4. The number of aliphatic carboxylic acids is 1. The molecule has 0 aliphatic carbocycles. The Morgan fingerprint density at radius 1 is 1.12 bits per heavy atom. The first kappa shape index (κ1) is 23.8. The highest BCUT2D eigenvalue weighted by molar-refractivity contribution is 5.98. The van der Waals surface area contributed by atoms with E-state index in [9.17, 15) is 24.3 Å². The van der Waals surface area contributed by atoms with Gasteiger partial charge in [-0.2, -0.15) is 0 Å². The minimum Gasteiger partial charge on any atom is -0.480 e. The van der Waals surface area contributed by atoms with Gasteiger partial charge in [-0.15, -0.1) is 0 Å². The Balaban J connectivity index is 1.62. The molecular formula is C24H27N3O6. The third-order valence-electron chi connectivity index (χ3n) is 5.41. The molecule has 0 saturated carbocycles. The molecule has 0 aromatic heterocycles. The summed E-state index contributed by atoms with van der Waals surface area (Å²) in [4.78, 5) is 51.3. The molecule has 1 atom stereocenters. The number of hydrogen-bond acceptors (Lipinski definition) is 5. The predicted octanol–water partition coefficient (Wildman–Crippen LogP) is 2.44. The maximum atomic E-state index is 12.6. The predicted molar refractivity (Wildman–Crippen MR) is 121 cm³/mol. The summed E-state index contributed by atoms with van der Waals surface area (Å²) < 4.78 is 5.40. The van der Waals surface area contributed by atoms with Crippen molar-refractivity contribution in [2.45, 2.75) is 31.9 Å². The van der Waals surface area contributed by atoms with Crippen LogP contribution in [0.5, 0.6) is 0 Å². The number of hydrogen-bond donors (Lipinski definition) is 2. The molecule has 2 N–H and O–H groups in total. The van der Waals surface area contributed by atoms with Crippen molar-refractivity contribution in [1.82, 2.24) is 10.2 Å². The Kier molecular flexibility index (Phi) is 7.66. The van der Waals surface area contributed by atoms with E-state index < -0.39 is 24.0 Å². The zero-order valence-corrected chi connectivity index (χ0v) is 18.6. The van der Waals surface area contributed by atoms with Gasteiger partial charge in [0, 0.05) is 32.6 Å². The molecule has 9 nitrogen and oxygen atoms in total. The Hall–Kier alpha value is -3.88. The number of amides is 3. The van der Waals surface area contributed by atoms with Crippen molar-refractivity contribution in [2.75, 3.05) is 25.5 Å². The van der Waals surface area contributed by atoms with Crippen molar-refractivity contribution in [3.05, 3.63) is 65.2 Å². The van der Waals surface area contributed by atoms with Gasteiger partial charge < -0.3 is 20.1 Å². The quantitative estimate of drug-likeness (QED) is 0.634. The summed E-state index contributed by atoms with van der Waals surface area (Å²) in [5.41, 5.74) is 2.64. The second kappa shape index (κ2) is 10.6. The van der Waals surface area contributed by atoms with Crippen LogP contribution in [-0.2, 0) is 27.4 Å². The van der Waals surface area contributed by atoms with E-state index in [2.05, 4.69) is 5.32 Å². The summed E-state index contributed by atoms with van der Waals surface area (Å²) in [6, 6.07) is 13.0. The van der Waals surface area contributed by atoms with Crippen LogP contribution >= 0.6 is 0 Å². The van der Waals surface area contributed by atoms with Crippen molar-refractivity contribution in [3.8, 4) is 0 Å². The highest BCUT2D eigenvalue weighted by Crippen LogP contribution is 2.29. The molecule has 0 bridgehead atoms. The number of carboxylic acid groups (broad SMARTS) is 1. The third kappa shape index (κ3) is 6.09. The van der Waals surface area contributed by atoms with Crippen molar-refractivity contribution >= 4 is 29.6 Å². The van der Waals surface area contributed by atoms with Crippen LogP contribution < -0.4 is 10.2 Å². The van der Waals surface area contributed by atoms with Crippen LogP contribution in [0.3, 0.4) is 0 Å². The fraction of sp³-hybridized carbons (Fsp3) is 0.333. The number of anilines is 1. The van der Waals surface area contributed by atoms with E-state index >= 15 is 0 Å². The summed E-state index contributed by atoms with van der Waals surface area (Å²) >= 11 is 0. The molecule has 3 amide bonds. The molecule has 33 heavy (non-hydrogen) atoms. The molecule has 0 fully saturated rings. The van der Waals surface area contributed by atoms with Gasteiger partial charge in [-0.1, -0.05) is 30.3 Å². The number of fused-ring (bicyclic) bond motifs is 1. The van der Waals surface area contributed by atoms with Crippen LogP contribution in [0.4, 0.5) is 10.5 Å². The molecular weight excluding hydrogens is 426 g/mol. The summed E-state index contributed by atoms with van der Waals surface area (Å²) in [7, 11) is 3.17. The highest BCUT2D eigenvalue weighted by atomic mass is 16.6. The van der Waals surface area contributed by atoms with Gasteiger partial charge in [-0.25, -0.2) is 9.59 Å². The van der Waals surface area contributed by atoms with Gasteiger partial charge >= 0.3 is 12.1 Å². The van der Waals surface area contributed by atoms with E-state index in [0.717, 1.165) is 11.1 Å². The molecule has 0 spiro atoms. The lowest BCUT2D eigenvalue weighted by Gasteiger charge is -2.18. The number of ether oxygens (including phenoxy) is 1. The van der Waals surface area contributed by atoms with Crippen LogP contribution in [0.1, 0.15) is 34.3 Å². The average Bonchev–Trinajstić information content (AvgIpc) is 3.23. The zero-order valence-electron chi connectivity index (χ0n) is 18.6. The van der Waals surface area contributed by atoms with Crippen LogP contribution in [0.25, 0.3) is 0 Å². The maximum Gasteiger partial charge on any atom is 0.414 e. The van der Waals surface area contributed by atoms with Gasteiger partial charge in [-0.3, -0.25) is 14.5 Å². The average molecular weight is 453 g/mol. The van der Waals surface area contributed by atoms with E-state index in [1.165, 1.54) is 9.80 Å². The Morgan fingerprint density at radius 2 is 1.85 bits per heavy atom. The van der Waals surface area contributed by atoms with Crippen LogP contribution in [0.15, 0.2) is 48.5 Å². The zero-order chi connectivity index (χ0) is 24.0. The van der Waals surface area contributed by atoms with E-state index in [-0.39, 0.29) is 25.4 Å². The molecule has 174 valence electrons. The molecule has 9 heteroatoms. The smallest absolute Gasteiger partial charge is 0.414 e. The Bertz CT molecular complexity index is 1040. The third-order valence-corrected chi connectivity index (χ3v) is 5.41. The number of benzene rings is 2. The second-order valence-corrected chi connectivity index (χ2v) is 7.98. The first-order valence-electron chi connectivity index (χ1n) is 10.6. The molecule has 2 aromatic rings. The first-order chi connectivity index (χ1) is 15.8. The molecule has 3 rings (SSSR count). The lowest BCUT2D eigenvalue weighted by Crippen LogP contribution is -2.41. The molecule has 2 aromatic carbocycles. The van der Waals surface area contributed by atoms with Gasteiger partial charge in [0.15, 0.2) is 0 Å². The summed E-state index contributed by atoms with van der Waals surface area (Å²) in [5, 5.41) is 11.9. The standard InChI is InChI=1S/C24H27N3O6/c1-26(2)21(28)11-9-19(23(30)31)25-22(29)18-8-10-20-17(14-18)12-13-27(20)24(32)33-15-16-6-4-3-5-7-16/h3-8,10,14,19H,9,11-13,15H2,1-2H3,(H,25,29)(H,30,31)/t19-/m0/s1. The molecule has 1 aliphatic rings. The fourth-order valence-electron chi connectivity index (χ4n) is 3.52. The molecule has 1 heterocycles. The first-order valence-corrected chi connectivity index (χ1v) is 10.6. The largest absolute Gasteiger partial charge is 0.480 e. The molecule has 1 aliphatic heterocycles. The molecule has 0 radical (unpaired) electrons. The van der Waals surface area contributed by atoms with Gasteiger partial charge in [0.1, 0.15) is 12.6 Å². The monoisotopic (exact) mass is 453 g/mol. The second-order valence-electron chi connectivity index (χ2n) is 7.98. The SMILES string of the molecule is CN(C)C(=O)CC[C@H](NC(=O)c1ccc2c(c1)CCN2C(=O)OCc1ccccc1)C(=O)O. The summed E-state index contributed by atoms with van der Waals surface area (Å²) in [6.07, 6.45) is 0.0843. The van der Waals surface area contributed by atoms with Gasteiger partial charge in [-0.05, 0) is 42.2 Å². The maximum absolute atomic E-state index is 12.6. The van der Waals surface area contributed by atoms with Crippen molar-refractivity contribution in [1.29, 1.82) is 0 Å². The van der Waals surface area contributed by atoms with Gasteiger partial charge in [0.2, 0.25) is 5.91 Å². The van der Waals surface area contributed by atoms with E-state index in [4.69, 9.17) is 4.74 Å². The summed E-state index contributed by atoms with van der Waals surface area (Å²) in [5.74, 6) is -1.97. The molecule has 0 saturated heterocycles. The minimum absolute atomic E-state index is 0.00842. The van der Waals surface area contributed by atoms with Gasteiger partial charge in [0.05, 0.1) is 5.69 Å². The number of carboxylic acids is 1. The van der Waals surface area contributed by atoms with Crippen molar-refractivity contribution < 1.29 is 29.0 Å². The fourth-order valence-corrected chi connectivity index (χ4v) is 3.52. The van der Waals surface area contributed by atoms with E-state index in [0.29, 0.717) is 24.2 Å². The van der Waals surface area contributed by atoms with Crippen LogP contribution in [0, 0.1) is 0 Å². The topological polar surface area (TPSA) is 116 Å². The number of nitrogens with zero attached hydrogens (tertiary/aromatic N) is 2. The van der Waals surface area contributed by atoms with Gasteiger partial charge in [0.25, 0.3) is 5.91 Å². The van der Waals surface area contributed by atoms with Crippen LogP contribution in [0.2, 0.25) is 0 Å². The van der Waals surface area contributed by atoms with E-state index in [1.807, 2.05) is 30.3 Å². The van der Waals surface area contributed by atoms with E-state index in [1.54, 1.807) is 32.3 Å². The number of rotatable bonds is 8. The minimum atomic E-state index is -1.21. The molecule has 0 unspecified atom stereocenters. The highest BCUT2D eigenvalue weighted by Gasteiger charge is 2.28.